The highest BCUT2D eigenvalue weighted by Gasteiger charge is 2.08. The van der Waals surface area contributed by atoms with Crippen LogP contribution in [-0.2, 0) is 6.54 Å². The molecule has 2 amide bonds. The van der Waals surface area contributed by atoms with E-state index in [1.54, 1.807) is 12.3 Å². The zero-order chi connectivity index (χ0) is 15.2. The molecule has 3 rings (SSSR count). The number of anilines is 2. The summed E-state index contributed by atoms with van der Waals surface area (Å²) in [7, 11) is 0. The summed E-state index contributed by atoms with van der Waals surface area (Å²) in [5.74, 6) is 0.539. The fourth-order valence-electron chi connectivity index (χ4n) is 2.33. The monoisotopic (exact) mass is 294 g/mol. The molecule has 112 valence electrons. The van der Waals surface area contributed by atoms with Gasteiger partial charge in [0.25, 0.3) is 0 Å². The van der Waals surface area contributed by atoms with Crippen LogP contribution in [0.5, 0.6) is 0 Å². The van der Waals surface area contributed by atoms with Gasteiger partial charge in [0.05, 0.1) is 0 Å². The van der Waals surface area contributed by atoms with Crippen molar-refractivity contribution in [1.29, 1.82) is 0 Å². The van der Waals surface area contributed by atoms with Gasteiger partial charge in [0.2, 0.25) is 0 Å². The van der Waals surface area contributed by atoms with Gasteiger partial charge in [-0.25, -0.2) is 9.78 Å². The van der Waals surface area contributed by atoms with Crippen LogP contribution in [0.25, 0.3) is 0 Å². The van der Waals surface area contributed by atoms with Gasteiger partial charge < -0.3 is 10.2 Å². The third-order valence-electron chi connectivity index (χ3n) is 3.45. The molecule has 0 spiro atoms. The van der Waals surface area contributed by atoms with Gasteiger partial charge in [0, 0.05) is 31.5 Å². The molecule has 1 aliphatic heterocycles. The van der Waals surface area contributed by atoms with Gasteiger partial charge in [-0.2, -0.15) is 0 Å². The molecule has 1 aromatic carbocycles. The van der Waals surface area contributed by atoms with E-state index in [0.29, 0.717) is 12.4 Å². The number of nitrogens with one attached hydrogen (secondary N) is 2. The fraction of sp³-hybridized carbons (Fsp3) is 0.176. The average molecular weight is 294 g/mol. The van der Waals surface area contributed by atoms with Crippen LogP contribution in [0.1, 0.15) is 5.56 Å². The highest BCUT2D eigenvalue weighted by atomic mass is 16.2. The van der Waals surface area contributed by atoms with Gasteiger partial charge in [-0.3, -0.25) is 5.32 Å². The van der Waals surface area contributed by atoms with Crippen molar-refractivity contribution in [3.05, 3.63) is 66.4 Å². The predicted molar refractivity (Wildman–Crippen MR) is 87.9 cm³/mol. The molecule has 22 heavy (non-hydrogen) atoms. The number of amides is 2. The summed E-state index contributed by atoms with van der Waals surface area (Å²) in [6.07, 6.45) is 5.96. The lowest BCUT2D eigenvalue weighted by Crippen LogP contribution is -2.28. The molecule has 5 nitrogen and oxygen atoms in total. The highest BCUT2D eigenvalue weighted by Crippen LogP contribution is 2.18. The third-order valence-corrected chi connectivity index (χ3v) is 3.45. The van der Waals surface area contributed by atoms with Crippen LogP contribution in [0, 0.1) is 0 Å². The van der Waals surface area contributed by atoms with E-state index >= 15 is 0 Å². The summed E-state index contributed by atoms with van der Waals surface area (Å²) in [6.45, 7) is 2.36. The molecule has 5 heteroatoms. The van der Waals surface area contributed by atoms with Gasteiger partial charge >= 0.3 is 6.03 Å². The lowest BCUT2D eigenvalue weighted by Gasteiger charge is -2.18. The average Bonchev–Trinajstić information content (AvgIpc) is 3.09. The smallest absolute Gasteiger partial charge is 0.320 e. The molecule has 0 atom stereocenters. The predicted octanol–water partition coefficient (Wildman–Crippen LogP) is 2.78. The summed E-state index contributed by atoms with van der Waals surface area (Å²) in [4.78, 5) is 18.2. The van der Waals surface area contributed by atoms with E-state index in [4.69, 9.17) is 0 Å². The van der Waals surface area contributed by atoms with Crippen molar-refractivity contribution in [2.24, 2.45) is 0 Å². The zero-order valence-corrected chi connectivity index (χ0v) is 12.2. The van der Waals surface area contributed by atoms with Crippen molar-refractivity contribution in [3.8, 4) is 0 Å². The van der Waals surface area contributed by atoms with Crippen LogP contribution in [0.15, 0.2) is 60.8 Å². The van der Waals surface area contributed by atoms with Gasteiger partial charge in [0.15, 0.2) is 0 Å². The molecule has 0 saturated heterocycles. The molecule has 0 fully saturated rings. The summed E-state index contributed by atoms with van der Waals surface area (Å²) < 4.78 is 0. The molecule has 1 aromatic heterocycles. The standard InChI is InChI=1S/C17H18N4O/c22-17(20-16-8-1-2-9-18-16)19-13-14-6-5-7-15(12-14)21-10-3-4-11-21/h1-9,12H,10-11,13H2,(H2,18,19,20,22). The summed E-state index contributed by atoms with van der Waals surface area (Å²) in [6, 6.07) is 13.3. The van der Waals surface area contributed by atoms with Crippen molar-refractivity contribution in [2.75, 3.05) is 23.3 Å². The Hall–Kier alpha value is -2.82. The Balaban J connectivity index is 1.55. The number of nitrogens with zero attached hydrogens (tertiary/aromatic N) is 2. The normalized spacial score (nSPS) is 13.2. The minimum Gasteiger partial charge on any atom is -0.364 e. The molecule has 0 unspecified atom stereocenters. The van der Waals surface area contributed by atoms with Crippen LogP contribution < -0.4 is 15.5 Å². The maximum Gasteiger partial charge on any atom is 0.320 e. The maximum absolute atomic E-state index is 11.8. The van der Waals surface area contributed by atoms with E-state index in [1.165, 1.54) is 5.69 Å². The van der Waals surface area contributed by atoms with E-state index in [-0.39, 0.29) is 6.03 Å². The Labute approximate surface area is 129 Å². The van der Waals surface area contributed by atoms with E-state index < -0.39 is 0 Å². The van der Waals surface area contributed by atoms with E-state index in [2.05, 4.69) is 44.8 Å². The minimum absolute atomic E-state index is 0.257. The minimum atomic E-state index is -0.257. The highest BCUT2D eigenvalue weighted by molar-refractivity contribution is 5.88. The first-order chi connectivity index (χ1) is 10.8. The SMILES string of the molecule is O=C(NCc1cccc(N2CC=CC2)c1)Nc1ccccn1. The van der Waals surface area contributed by atoms with Crippen LogP contribution >= 0.6 is 0 Å². The second kappa shape index (κ2) is 6.76. The van der Waals surface area contributed by atoms with Crippen LogP contribution in [0.3, 0.4) is 0 Å². The van der Waals surface area contributed by atoms with E-state index in [1.807, 2.05) is 24.3 Å². The number of urea groups is 1. The first kappa shape index (κ1) is 14.1. The lowest BCUT2D eigenvalue weighted by atomic mass is 10.2. The molecule has 2 N–H and O–H groups in total. The summed E-state index contributed by atoms with van der Waals surface area (Å²) in [5.41, 5.74) is 2.25. The number of benzene rings is 1. The van der Waals surface area contributed by atoms with Crippen LogP contribution in [-0.4, -0.2) is 24.1 Å². The number of rotatable bonds is 4. The second-order valence-corrected chi connectivity index (χ2v) is 5.07. The maximum atomic E-state index is 11.8. The van der Waals surface area contributed by atoms with Crippen molar-refractivity contribution >= 4 is 17.5 Å². The van der Waals surface area contributed by atoms with Crippen molar-refractivity contribution in [2.45, 2.75) is 6.54 Å². The molecular formula is C17H18N4O. The van der Waals surface area contributed by atoms with Crippen molar-refractivity contribution in [1.82, 2.24) is 10.3 Å². The molecule has 0 radical (unpaired) electrons. The molecule has 0 aliphatic carbocycles. The number of carbonyl (C=O) groups excluding carboxylic acids is 1. The Kier molecular flexibility index (Phi) is 4.34. The topological polar surface area (TPSA) is 57.3 Å². The first-order valence-electron chi connectivity index (χ1n) is 7.26. The van der Waals surface area contributed by atoms with Crippen LogP contribution in [0.2, 0.25) is 0 Å². The van der Waals surface area contributed by atoms with E-state index in [9.17, 15) is 4.79 Å². The number of aromatic nitrogens is 1. The molecular weight excluding hydrogens is 276 g/mol. The molecule has 1 aliphatic rings. The lowest BCUT2D eigenvalue weighted by molar-refractivity contribution is 0.251. The van der Waals surface area contributed by atoms with Crippen LogP contribution in [0.4, 0.5) is 16.3 Å². The Morgan fingerprint density at radius 1 is 1.14 bits per heavy atom. The van der Waals surface area contributed by atoms with Gasteiger partial charge in [0.1, 0.15) is 5.82 Å². The summed E-state index contributed by atoms with van der Waals surface area (Å²) in [5, 5.41) is 5.54. The Morgan fingerprint density at radius 2 is 2.00 bits per heavy atom. The Bertz CT molecular complexity index is 661. The fourth-order valence-corrected chi connectivity index (χ4v) is 2.33. The zero-order valence-electron chi connectivity index (χ0n) is 12.2. The number of hydrogen-bond donors (Lipinski definition) is 2. The van der Waals surface area contributed by atoms with E-state index in [0.717, 1.165) is 18.7 Å². The third kappa shape index (κ3) is 3.63. The molecule has 0 saturated carbocycles. The van der Waals surface area contributed by atoms with Gasteiger partial charge in [-0.05, 0) is 29.8 Å². The van der Waals surface area contributed by atoms with Gasteiger partial charge in [-0.1, -0.05) is 30.4 Å². The van der Waals surface area contributed by atoms with Crippen molar-refractivity contribution < 1.29 is 4.79 Å². The first-order valence-corrected chi connectivity index (χ1v) is 7.26. The molecule has 0 bridgehead atoms. The quantitative estimate of drug-likeness (QED) is 0.853. The number of carbonyl (C=O) groups is 1. The number of hydrogen-bond acceptors (Lipinski definition) is 3. The second-order valence-electron chi connectivity index (χ2n) is 5.07. The number of pyridine rings is 1. The van der Waals surface area contributed by atoms with Crippen molar-refractivity contribution in [3.63, 3.8) is 0 Å². The van der Waals surface area contributed by atoms with Gasteiger partial charge in [-0.15, -0.1) is 0 Å². The summed E-state index contributed by atoms with van der Waals surface area (Å²) >= 11 is 0. The molecule has 2 aromatic rings. The largest absolute Gasteiger partial charge is 0.364 e. The Morgan fingerprint density at radius 3 is 2.77 bits per heavy atom. The molecule has 2 heterocycles.